The molecule has 0 fully saturated rings. The molecule has 2 N–H and O–H groups in total. The summed E-state index contributed by atoms with van der Waals surface area (Å²) in [7, 11) is 0. The Balaban J connectivity index is 3.12. The van der Waals surface area contributed by atoms with Gasteiger partial charge < -0.3 is 24.5 Å². The topological polar surface area (TPSA) is 107 Å². The summed E-state index contributed by atoms with van der Waals surface area (Å²) in [6.07, 6.45) is 2.70. The molecule has 0 unspecified atom stereocenters. The van der Waals surface area contributed by atoms with Gasteiger partial charge in [-0.1, -0.05) is 0 Å². The third kappa shape index (κ3) is 5.94. The molecule has 0 aliphatic rings. The molecule has 0 saturated carbocycles. The summed E-state index contributed by atoms with van der Waals surface area (Å²) in [5.74, 6) is -2.16. The predicted molar refractivity (Wildman–Crippen MR) is 95.7 cm³/mol. The van der Waals surface area contributed by atoms with Gasteiger partial charge in [0.2, 0.25) is 0 Å². The average molecular weight is 366 g/mol. The molecule has 8 nitrogen and oxygen atoms in total. The molecule has 26 heavy (non-hydrogen) atoms. The Morgan fingerprint density at radius 2 is 1.65 bits per heavy atom. The third-order valence-electron chi connectivity index (χ3n) is 3.04. The Bertz CT molecular complexity index is 677. The SMILES string of the molecule is CCOC(=O)C(=CNc1c[nH]c(C)c1C(=O)OC(C)(C)C)C(=O)OCC. The quantitative estimate of drug-likeness (QED) is 0.251. The highest BCUT2D eigenvalue weighted by molar-refractivity contribution is 6.14. The normalized spacial score (nSPS) is 10.7. The van der Waals surface area contributed by atoms with Gasteiger partial charge in [-0.2, -0.15) is 0 Å². The van der Waals surface area contributed by atoms with Crippen LogP contribution in [0.1, 0.15) is 50.7 Å². The van der Waals surface area contributed by atoms with Gasteiger partial charge in [0.25, 0.3) is 0 Å². The van der Waals surface area contributed by atoms with Crippen molar-refractivity contribution < 1.29 is 28.6 Å². The van der Waals surface area contributed by atoms with E-state index < -0.39 is 23.5 Å². The van der Waals surface area contributed by atoms with Crippen LogP contribution in [0.15, 0.2) is 18.0 Å². The molecule has 1 rings (SSSR count). The highest BCUT2D eigenvalue weighted by Crippen LogP contribution is 2.23. The van der Waals surface area contributed by atoms with Crippen molar-refractivity contribution in [1.82, 2.24) is 4.98 Å². The first-order valence-corrected chi connectivity index (χ1v) is 8.33. The molecule has 0 bridgehead atoms. The van der Waals surface area contributed by atoms with E-state index in [9.17, 15) is 14.4 Å². The summed E-state index contributed by atoms with van der Waals surface area (Å²) in [5.41, 5.74) is 0.271. The van der Waals surface area contributed by atoms with Crippen LogP contribution in [0.5, 0.6) is 0 Å². The van der Waals surface area contributed by atoms with E-state index in [2.05, 4.69) is 10.3 Å². The molecule has 1 aromatic heterocycles. The van der Waals surface area contributed by atoms with Crippen LogP contribution in [0.3, 0.4) is 0 Å². The van der Waals surface area contributed by atoms with Gasteiger partial charge in [0.15, 0.2) is 5.57 Å². The number of ether oxygens (including phenoxy) is 3. The van der Waals surface area contributed by atoms with Gasteiger partial charge in [0, 0.05) is 18.1 Å². The molecule has 0 spiro atoms. The van der Waals surface area contributed by atoms with E-state index in [0.717, 1.165) is 6.20 Å². The van der Waals surface area contributed by atoms with Crippen LogP contribution in [0.4, 0.5) is 5.69 Å². The number of aromatic amines is 1. The first-order valence-electron chi connectivity index (χ1n) is 8.33. The van der Waals surface area contributed by atoms with Crippen molar-refractivity contribution in [3.05, 3.63) is 29.2 Å². The van der Waals surface area contributed by atoms with Crippen molar-refractivity contribution in [2.75, 3.05) is 18.5 Å². The van der Waals surface area contributed by atoms with Crippen LogP contribution >= 0.6 is 0 Å². The van der Waals surface area contributed by atoms with Gasteiger partial charge in [-0.25, -0.2) is 14.4 Å². The first-order chi connectivity index (χ1) is 12.1. The maximum Gasteiger partial charge on any atom is 0.347 e. The first kappa shape index (κ1) is 21.3. The van der Waals surface area contributed by atoms with E-state index in [1.165, 1.54) is 0 Å². The van der Waals surface area contributed by atoms with Gasteiger partial charge in [0.05, 0.1) is 18.9 Å². The minimum atomic E-state index is -0.815. The third-order valence-corrected chi connectivity index (χ3v) is 3.04. The van der Waals surface area contributed by atoms with Crippen molar-refractivity contribution in [2.45, 2.75) is 47.1 Å². The molecule has 0 saturated heterocycles. The predicted octanol–water partition coefficient (Wildman–Crippen LogP) is 2.70. The summed E-state index contributed by atoms with van der Waals surface area (Å²) in [5, 5.41) is 2.78. The van der Waals surface area contributed by atoms with Crippen molar-refractivity contribution >= 4 is 23.6 Å². The standard InChI is InChI=1S/C18H26N2O6/c1-7-24-15(21)12(16(22)25-8-2)9-20-13-10-19-11(3)14(13)17(23)26-18(4,5)6/h9-10,19-20H,7-8H2,1-6H3. The fourth-order valence-corrected chi connectivity index (χ4v) is 2.00. The van der Waals surface area contributed by atoms with Crippen molar-refractivity contribution in [2.24, 2.45) is 0 Å². The Hall–Kier alpha value is -2.77. The number of aromatic nitrogens is 1. The van der Waals surface area contributed by atoms with Crippen LogP contribution in [-0.4, -0.2) is 41.7 Å². The number of rotatable bonds is 7. The Kier molecular flexibility index (Phi) is 7.42. The lowest BCUT2D eigenvalue weighted by Gasteiger charge is -2.20. The molecule has 0 radical (unpaired) electrons. The van der Waals surface area contributed by atoms with Crippen LogP contribution < -0.4 is 5.32 Å². The zero-order chi connectivity index (χ0) is 19.9. The summed E-state index contributed by atoms with van der Waals surface area (Å²) in [6.45, 7) is 10.5. The molecule has 1 heterocycles. The van der Waals surface area contributed by atoms with Gasteiger partial charge in [-0.3, -0.25) is 0 Å². The molecule has 0 aliphatic carbocycles. The Morgan fingerprint density at radius 1 is 1.12 bits per heavy atom. The van der Waals surface area contributed by atoms with E-state index >= 15 is 0 Å². The highest BCUT2D eigenvalue weighted by atomic mass is 16.6. The molecule has 0 aromatic carbocycles. The fourth-order valence-electron chi connectivity index (χ4n) is 2.00. The van der Waals surface area contributed by atoms with E-state index in [0.29, 0.717) is 11.4 Å². The van der Waals surface area contributed by atoms with E-state index in [1.807, 2.05) is 0 Å². The number of carbonyl (C=O) groups is 3. The molecular formula is C18H26N2O6. The number of hydrogen-bond donors (Lipinski definition) is 2. The zero-order valence-corrected chi connectivity index (χ0v) is 16.0. The summed E-state index contributed by atoms with van der Waals surface area (Å²) in [6, 6.07) is 0. The Labute approximate surface area is 152 Å². The van der Waals surface area contributed by atoms with Crippen molar-refractivity contribution in [1.29, 1.82) is 0 Å². The second-order valence-corrected chi connectivity index (χ2v) is 6.35. The van der Waals surface area contributed by atoms with Gasteiger partial charge >= 0.3 is 17.9 Å². The largest absolute Gasteiger partial charge is 0.462 e. The van der Waals surface area contributed by atoms with Crippen LogP contribution in [-0.2, 0) is 23.8 Å². The molecule has 0 atom stereocenters. The number of H-pyrrole nitrogens is 1. The molecule has 1 aromatic rings. The van der Waals surface area contributed by atoms with Crippen LogP contribution in [0, 0.1) is 6.92 Å². The molecule has 144 valence electrons. The average Bonchev–Trinajstić information content (AvgIpc) is 2.87. The molecule has 0 aliphatic heterocycles. The minimum Gasteiger partial charge on any atom is -0.462 e. The van der Waals surface area contributed by atoms with Gasteiger partial charge in [-0.05, 0) is 41.5 Å². The number of nitrogens with one attached hydrogen (secondary N) is 2. The van der Waals surface area contributed by atoms with Crippen LogP contribution in [0.25, 0.3) is 0 Å². The van der Waals surface area contributed by atoms with Crippen molar-refractivity contribution in [3.63, 3.8) is 0 Å². The smallest absolute Gasteiger partial charge is 0.347 e. The number of carbonyl (C=O) groups excluding carboxylic acids is 3. The lowest BCUT2D eigenvalue weighted by molar-refractivity contribution is -0.146. The lowest BCUT2D eigenvalue weighted by Crippen LogP contribution is -2.24. The van der Waals surface area contributed by atoms with Gasteiger partial charge in [-0.15, -0.1) is 0 Å². The van der Waals surface area contributed by atoms with E-state index in [4.69, 9.17) is 14.2 Å². The molecular weight excluding hydrogens is 340 g/mol. The Morgan fingerprint density at radius 3 is 2.12 bits per heavy atom. The van der Waals surface area contributed by atoms with E-state index in [-0.39, 0.29) is 24.4 Å². The molecule has 0 amide bonds. The number of aryl methyl sites for hydroxylation is 1. The summed E-state index contributed by atoms with van der Waals surface area (Å²) < 4.78 is 15.1. The number of esters is 3. The van der Waals surface area contributed by atoms with Crippen molar-refractivity contribution in [3.8, 4) is 0 Å². The maximum atomic E-state index is 12.4. The lowest BCUT2D eigenvalue weighted by atomic mass is 10.1. The monoisotopic (exact) mass is 366 g/mol. The second-order valence-electron chi connectivity index (χ2n) is 6.35. The minimum absolute atomic E-state index is 0.113. The number of hydrogen-bond acceptors (Lipinski definition) is 7. The molecule has 8 heteroatoms. The fraction of sp³-hybridized carbons (Fsp3) is 0.500. The maximum absolute atomic E-state index is 12.4. The summed E-state index contributed by atoms with van der Waals surface area (Å²) in [4.78, 5) is 39.2. The zero-order valence-electron chi connectivity index (χ0n) is 16.0. The van der Waals surface area contributed by atoms with Crippen LogP contribution in [0.2, 0.25) is 0 Å². The van der Waals surface area contributed by atoms with Gasteiger partial charge in [0.1, 0.15) is 11.2 Å². The highest BCUT2D eigenvalue weighted by Gasteiger charge is 2.25. The number of anilines is 1. The van der Waals surface area contributed by atoms with E-state index in [1.54, 1.807) is 47.7 Å². The second kappa shape index (κ2) is 9.07. The summed E-state index contributed by atoms with van der Waals surface area (Å²) >= 11 is 0.